The second-order valence-electron chi connectivity index (χ2n) is 10.6. The van der Waals surface area contributed by atoms with Crippen LogP contribution in [0.25, 0.3) is 0 Å². The molecule has 0 amide bonds. The van der Waals surface area contributed by atoms with Crippen molar-refractivity contribution in [2.24, 2.45) is 5.92 Å². The molecule has 3 nitrogen and oxygen atoms in total. The van der Waals surface area contributed by atoms with Crippen LogP contribution in [0.1, 0.15) is 71.2 Å². The van der Waals surface area contributed by atoms with Crippen LogP contribution in [0.5, 0.6) is 0 Å². The maximum absolute atomic E-state index is 12.5. The van der Waals surface area contributed by atoms with Crippen LogP contribution in [0.4, 0.5) is 0 Å². The van der Waals surface area contributed by atoms with Gasteiger partial charge in [0.2, 0.25) is 0 Å². The van der Waals surface area contributed by atoms with Crippen LogP contribution in [0, 0.1) is 5.92 Å². The molecule has 2 unspecified atom stereocenters. The Balaban J connectivity index is 2.07. The molecule has 154 valence electrons. The lowest BCUT2D eigenvalue weighted by Crippen LogP contribution is -2.42. The average Bonchev–Trinajstić information content (AvgIpc) is 2.93. The first kappa shape index (κ1) is 22.8. The lowest BCUT2D eigenvalue weighted by molar-refractivity contribution is 0.232. The minimum absolute atomic E-state index is 0.0834. The van der Waals surface area contributed by atoms with Gasteiger partial charge in [0, 0.05) is 12.6 Å². The molecule has 1 aromatic rings. The molecule has 0 aromatic heterocycles. The van der Waals surface area contributed by atoms with E-state index in [2.05, 4.69) is 63.7 Å². The zero-order valence-electron chi connectivity index (χ0n) is 18.7. The molecule has 27 heavy (non-hydrogen) atoms. The van der Waals surface area contributed by atoms with Gasteiger partial charge in [-0.3, -0.25) is 0 Å². The molecule has 0 aliphatic heterocycles. The molecule has 0 bridgehead atoms. The largest absolute Gasteiger partial charge is 0.417 e. The van der Waals surface area contributed by atoms with E-state index in [0.29, 0.717) is 5.92 Å². The Labute approximate surface area is 170 Å². The van der Waals surface area contributed by atoms with Gasteiger partial charge in [-0.1, -0.05) is 39.0 Å². The van der Waals surface area contributed by atoms with Crippen molar-refractivity contribution in [1.29, 1.82) is 0 Å². The third kappa shape index (κ3) is 5.53. The average molecular weight is 410 g/mol. The van der Waals surface area contributed by atoms with Gasteiger partial charge in [0.15, 0.2) is 8.32 Å². The van der Waals surface area contributed by atoms with Crippen molar-refractivity contribution in [3.63, 3.8) is 0 Å². The van der Waals surface area contributed by atoms with Gasteiger partial charge in [0.05, 0.1) is 15.7 Å². The fourth-order valence-corrected chi connectivity index (χ4v) is 5.12. The van der Waals surface area contributed by atoms with Gasteiger partial charge in [-0.15, -0.1) is 0 Å². The molecule has 0 fully saturated rings. The van der Waals surface area contributed by atoms with Gasteiger partial charge in [-0.2, -0.15) is 0 Å². The number of benzene rings is 1. The quantitative estimate of drug-likeness (QED) is 0.627. The molecule has 1 N–H and O–H groups in total. The molecule has 1 aromatic carbocycles. The molecular formula is C22H39NO2SSi. The zero-order valence-corrected chi connectivity index (χ0v) is 20.5. The highest BCUT2D eigenvalue weighted by Gasteiger charge is 2.38. The van der Waals surface area contributed by atoms with Crippen molar-refractivity contribution in [1.82, 2.24) is 4.72 Å². The van der Waals surface area contributed by atoms with E-state index in [1.807, 2.05) is 20.8 Å². The summed E-state index contributed by atoms with van der Waals surface area (Å²) in [5, 5.41) is 0.249. The van der Waals surface area contributed by atoms with E-state index in [4.69, 9.17) is 4.43 Å². The Morgan fingerprint density at radius 1 is 1.19 bits per heavy atom. The summed E-state index contributed by atoms with van der Waals surface area (Å²) in [4.78, 5) is 0. The fourth-order valence-electron chi connectivity index (χ4n) is 3.23. The molecular weight excluding hydrogens is 370 g/mol. The van der Waals surface area contributed by atoms with Gasteiger partial charge in [0.1, 0.15) is 0 Å². The molecule has 5 heteroatoms. The highest BCUT2D eigenvalue weighted by molar-refractivity contribution is 7.84. The van der Waals surface area contributed by atoms with Gasteiger partial charge in [-0.05, 0) is 81.3 Å². The maximum Gasteiger partial charge on any atom is 0.191 e. The lowest BCUT2D eigenvalue weighted by atomic mass is 9.98. The Morgan fingerprint density at radius 2 is 1.81 bits per heavy atom. The van der Waals surface area contributed by atoms with Crippen LogP contribution in [0.2, 0.25) is 18.1 Å². The summed E-state index contributed by atoms with van der Waals surface area (Å²) in [6.07, 6.45) is 2.15. The first-order valence-electron chi connectivity index (χ1n) is 10.1. The van der Waals surface area contributed by atoms with Crippen LogP contribution >= 0.6 is 0 Å². The van der Waals surface area contributed by atoms with E-state index in [0.717, 1.165) is 19.4 Å². The lowest BCUT2D eigenvalue weighted by Gasteiger charge is -2.37. The topological polar surface area (TPSA) is 38.3 Å². The Morgan fingerprint density at radius 3 is 2.37 bits per heavy atom. The SMILES string of the molecule is C[C@@H](NS(=O)C(C)(C)C)c1cccc2c1CC(CO[Si](C)(C)C(C)(C)C)C2. The van der Waals surface area contributed by atoms with Crippen molar-refractivity contribution >= 4 is 19.3 Å². The standard InChI is InChI=1S/C22H39NO2SSi/c1-16(23-26(24)21(2,3)4)19-12-10-11-18-13-17(14-20(18)19)15-25-27(8,9)22(5,6)7/h10-12,16-17,23H,13-15H2,1-9H3/t16-,17?,26?/m1/s1. The molecule has 0 saturated heterocycles. The first-order chi connectivity index (χ1) is 12.2. The highest BCUT2D eigenvalue weighted by Crippen LogP contribution is 2.38. The monoisotopic (exact) mass is 409 g/mol. The Hall–Kier alpha value is -0.493. The molecule has 0 radical (unpaired) electrons. The second kappa shape index (κ2) is 8.09. The number of hydrogen-bond donors (Lipinski definition) is 1. The van der Waals surface area contributed by atoms with Crippen molar-refractivity contribution < 1.29 is 8.63 Å². The summed E-state index contributed by atoms with van der Waals surface area (Å²) in [7, 11) is -2.77. The molecule has 2 rings (SSSR count). The van der Waals surface area contributed by atoms with E-state index in [1.54, 1.807) is 0 Å². The molecule has 0 spiro atoms. The van der Waals surface area contributed by atoms with Crippen molar-refractivity contribution in [2.45, 2.75) is 90.2 Å². The summed E-state index contributed by atoms with van der Waals surface area (Å²) in [5.41, 5.74) is 4.17. The second-order valence-corrected chi connectivity index (χ2v) is 17.4. The molecule has 0 heterocycles. The van der Waals surface area contributed by atoms with Crippen LogP contribution in [0.15, 0.2) is 18.2 Å². The molecule has 0 saturated carbocycles. The third-order valence-corrected chi connectivity index (χ3v) is 12.3. The summed E-state index contributed by atoms with van der Waals surface area (Å²) in [6, 6.07) is 6.66. The van der Waals surface area contributed by atoms with Crippen molar-refractivity contribution in [3.8, 4) is 0 Å². The highest BCUT2D eigenvalue weighted by atomic mass is 32.2. The van der Waals surface area contributed by atoms with E-state index >= 15 is 0 Å². The molecule has 1 aliphatic carbocycles. The summed E-state index contributed by atoms with van der Waals surface area (Å²) in [6.45, 7) is 20.5. The van der Waals surface area contributed by atoms with Gasteiger partial charge in [-0.25, -0.2) is 8.93 Å². The Bertz CT molecular complexity index is 689. The van der Waals surface area contributed by atoms with Crippen molar-refractivity contribution in [3.05, 3.63) is 34.9 Å². The maximum atomic E-state index is 12.5. The van der Waals surface area contributed by atoms with E-state index < -0.39 is 19.3 Å². The Kier molecular flexibility index (Phi) is 6.83. The summed E-state index contributed by atoms with van der Waals surface area (Å²) in [5.74, 6) is 0.551. The van der Waals surface area contributed by atoms with Crippen LogP contribution in [-0.4, -0.2) is 23.9 Å². The minimum Gasteiger partial charge on any atom is -0.417 e. The number of hydrogen-bond acceptors (Lipinski definition) is 2. The van der Waals surface area contributed by atoms with E-state index in [1.165, 1.54) is 16.7 Å². The van der Waals surface area contributed by atoms with Crippen molar-refractivity contribution in [2.75, 3.05) is 6.61 Å². The predicted molar refractivity (Wildman–Crippen MR) is 120 cm³/mol. The van der Waals surface area contributed by atoms with Crippen LogP contribution in [-0.2, 0) is 28.3 Å². The van der Waals surface area contributed by atoms with E-state index in [9.17, 15) is 4.21 Å². The van der Waals surface area contributed by atoms with Gasteiger partial charge in [0.25, 0.3) is 0 Å². The normalized spacial score (nSPS) is 20.4. The summed E-state index contributed by atoms with van der Waals surface area (Å²) >= 11 is 0. The molecule has 3 atom stereocenters. The first-order valence-corrected chi connectivity index (χ1v) is 14.2. The smallest absolute Gasteiger partial charge is 0.191 e. The predicted octanol–water partition coefficient (Wildman–Crippen LogP) is 5.54. The number of rotatable bonds is 6. The van der Waals surface area contributed by atoms with Crippen LogP contribution < -0.4 is 4.72 Å². The minimum atomic E-state index is -1.71. The van der Waals surface area contributed by atoms with Gasteiger partial charge < -0.3 is 4.43 Å². The van der Waals surface area contributed by atoms with Gasteiger partial charge >= 0.3 is 0 Å². The fraction of sp³-hybridized carbons (Fsp3) is 0.727. The number of nitrogens with one attached hydrogen (secondary N) is 1. The zero-order chi connectivity index (χ0) is 20.6. The number of fused-ring (bicyclic) bond motifs is 1. The third-order valence-electron chi connectivity index (χ3n) is 6.10. The van der Waals surface area contributed by atoms with Crippen LogP contribution in [0.3, 0.4) is 0 Å². The summed E-state index contributed by atoms with van der Waals surface area (Å²) < 4.78 is 22.0. The van der Waals surface area contributed by atoms with E-state index in [-0.39, 0.29) is 15.8 Å². The molecule has 1 aliphatic rings.